The van der Waals surface area contributed by atoms with Crippen molar-refractivity contribution in [2.75, 3.05) is 11.9 Å². The zero-order valence-corrected chi connectivity index (χ0v) is 7.78. The second-order valence-electron chi connectivity index (χ2n) is 2.87. The van der Waals surface area contributed by atoms with E-state index in [2.05, 4.69) is 10.3 Å². The highest BCUT2D eigenvalue weighted by Crippen LogP contribution is 2.13. The number of anilines is 1. The average molecular weight is 204 g/mol. The van der Waals surface area contributed by atoms with Crippen molar-refractivity contribution in [3.63, 3.8) is 0 Å². The quantitative estimate of drug-likeness (QED) is 0.602. The van der Waals surface area contributed by atoms with Crippen molar-refractivity contribution >= 4 is 5.82 Å². The van der Waals surface area contributed by atoms with Crippen LogP contribution in [0.2, 0.25) is 0 Å². The van der Waals surface area contributed by atoms with Crippen molar-refractivity contribution in [2.24, 2.45) is 0 Å². The van der Waals surface area contributed by atoms with Gasteiger partial charge in [0.05, 0.1) is 0 Å². The molecule has 0 saturated carbocycles. The summed E-state index contributed by atoms with van der Waals surface area (Å²) in [5, 5.41) is 2.59. The number of hydrogen-bond donors (Lipinski definition) is 1. The van der Waals surface area contributed by atoms with E-state index in [9.17, 15) is 13.2 Å². The van der Waals surface area contributed by atoms with Crippen LogP contribution in [-0.4, -0.2) is 11.5 Å². The Hall–Kier alpha value is -1.26. The molecule has 0 bridgehead atoms. The lowest BCUT2D eigenvalue weighted by Gasteiger charge is -2.05. The summed E-state index contributed by atoms with van der Waals surface area (Å²) >= 11 is 0. The van der Waals surface area contributed by atoms with Gasteiger partial charge in [-0.1, -0.05) is 13.3 Å². The minimum atomic E-state index is -1.29. The summed E-state index contributed by atoms with van der Waals surface area (Å²) in [6.45, 7) is 2.46. The molecule has 0 fully saturated rings. The molecule has 0 aliphatic heterocycles. The maximum absolute atomic E-state index is 12.9. The zero-order valence-electron chi connectivity index (χ0n) is 7.78. The molecular formula is C9H11F3N2. The second kappa shape index (κ2) is 4.83. The fourth-order valence-electron chi connectivity index (χ4n) is 0.952. The van der Waals surface area contributed by atoms with Crippen molar-refractivity contribution in [1.82, 2.24) is 4.98 Å². The summed E-state index contributed by atoms with van der Waals surface area (Å²) < 4.78 is 37.9. The normalized spacial score (nSPS) is 10.3. The summed E-state index contributed by atoms with van der Waals surface area (Å²) in [7, 11) is 0. The van der Waals surface area contributed by atoms with Gasteiger partial charge in [0.25, 0.3) is 5.95 Å². The van der Waals surface area contributed by atoms with Gasteiger partial charge < -0.3 is 5.32 Å². The first-order valence-corrected chi connectivity index (χ1v) is 4.40. The van der Waals surface area contributed by atoms with E-state index in [1.54, 1.807) is 0 Å². The minimum Gasteiger partial charge on any atom is -0.368 e. The van der Waals surface area contributed by atoms with Crippen molar-refractivity contribution < 1.29 is 13.2 Å². The second-order valence-corrected chi connectivity index (χ2v) is 2.87. The van der Waals surface area contributed by atoms with Crippen LogP contribution in [0.15, 0.2) is 6.07 Å². The lowest BCUT2D eigenvalue weighted by molar-refractivity contribution is 0.466. The molecule has 0 aliphatic rings. The Kier molecular flexibility index (Phi) is 3.73. The molecule has 2 nitrogen and oxygen atoms in total. The predicted molar refractivity (Wildman–Crippen MR) is 47.5 cm³/mol. The maximum atomic E-state index is 12.9. The number of rotatable bonds is 4. The van der Waals surface area contributed by atoms with Crippen molar-refractivity contribution in [2.45, 2.75) is 19.8 Å². The van der Waals surface area contributed by atoms with Crippen LogP contribution in [-0.2, 0) is 0 Å². The number of nitrogens with zero attached hydrogens (tertiary/aromatic N) is 1. The lowest BCUT2D eigenvalue weighted by Crippen LogP contribution is -2.07. The highest BCUT2D eigenvalue weighted by molar-refractivity contribution is 5.35. The van der Waals surface area contributed by atoms with Crippen LogP contribution < -0.4 is 5.32 Å². The third-order valence-electron chi connectivity index (χ3n) is 1.71. The molecule has 1 rings (SSSR count). The molecule has 5 heteroatoms. The van der Waals surface area contributed by atoms with Gasteiger partial charge in [0, 0.05) is 12.6 Å². The molecule has 1 heterocycles. The summed E-state index contributed by atoms with van der Waals surface area (Å²) in [6, 6.07) is 0.483. The molecule has 0 radical (unpaired) electrons. The van der Waals surface area contributed by atoms with Crippen molar-refractivity contribution in [3.8, 4) is 0 Å². The Bertz CT molecular complexity index is 315. The Morgan fingerprint density at radius 2 is 2.00 bits per heavy atom. The van der Waals surface area contributed by atoms with Gasteiger partial charge in [-0.2, -0.15) is 9.37 Å². The van der Waals surface area contributed by atoms with Crippen LogP contribution in [0.3, 0.4) is 0 Å². The summed E-state index contributed by atoms with van der Waals surface area (Å²) in [5.74, 6) is -3.67. The zero-order chi connectivity index (χ0) is 10.6. The number of aromatic nitrogens is 1. The monoisotopic (exact) mass is 204 g/mol. The van der Waals surface area contributed by atoms with E-state index in [-0.39, 0.29) is 5.82 Å². The summed E-state index contributed by atoms with van der Waals surface area (Å²) in [4.78, 5) is 3.12. The first kappa shape index (κ1) is 10.8. The number of halogens is 3. The molecule has 1 aromatic rings. The van der Waals surface area contributed by atoms with Crippen LogP contribution in [0.5, 0.6) is 0 Å². The Balaban J connectivity index is 2.72. The molecule has 0 amide bonds. The summed E-state index contributed by atoms with van der Waals surface area (Å²) in [6.07, 6.45) is 1.75. The van der Waals surface area contributed by atoms with E-state index in [0.29, 0.717) is 12.6 Å². The maximum Gasteiger partial charge on any atom is 0.251 e. The molecule has 1 N–H and O–H groups in total. The molecule has 0 aromatic carbocycles. The lowest BCUT2D eigenvalue weighted by atomic mass is 10.3. The molecule has 0 atom stereocenters. The van der Waals surface area contributed by atoms with E-state index in [1.807, 2.05) is 6.92 Å². The SMILES string of the molecule is CCCCNc1nc(F)c(F)cc1F. The third-order valence-corrected chi connectivity index (χ3v) is 1.71. The van der Waals surface area contributed by atoms with Gasteiger partial charge >= 0.3 is 0 Å². The number of hydrogen-bond acceptors (Lipinski definition) is 2. The first-order chi connectivity index (χ1) is 6.65. The minimum absolute atomic E-state index is 0.239. The Labute approximate surface area is 80.2 Å². The topological polar surface area (TPSA) is 24.9 Å². The van der Waals surface area contributed by atoms with Crippen LogP contribution in [0.4, 0.5) is 19.0 Å². The third kappa shape index (κ3) is 2.61. The molecule has 14 heavy (non-hydrogen) atoms. The molecule has 0 aliphatic carbocycles. The van der Waals surface area contributed by atoms with Crippen LogP contribution >= 0.6 is 0 Å². The first-order valence-electron chi connectivity index (χ1n) is 4.40. The largest absolute Gasteiger partial charge is 0.368 e. The Morgan fingerprint density at radius 3 is 2.64 bits per heavy atom. The van der Waals surface area contributed by atoms with Gasteiger partial charge in [0.1, 0.15) is 0 Å². The molecule has 0 spiro atoms. The van der Waals surface area contributed by atoms with Crippen LogP contribution in [0, 0.1) is 17.6 Å². The van der Waals surface area contributed by atoms with Crippen LogP contribution in [0.1, 0.15) is 19.8 Å². The van der Waals surface area contributed by atoms with Gasteiger partial charge in [-0.25, -0.2) is 8.78 Å². The van der Waals surface area contributed by atoms with Crippen molar-refractivity contribution in [1.29, 1.82) is 0 Å². The van der Waals surface area contributed by atoms with Gasteiger partial charge in [0.2, 0.25) is 0 Å². The average Bonchev–Trinajstić information content (AvgIpc) is 2.14. The highest BCUT2D eigenvalue weighted by atomic mass is 19.2. The van der Waals surface area contributed by atoms with E-state index in [4.69, 9.17) is 0 Å². The van der Waals surface area contributed by atoms with Crippen LogP contribution in [0.25, 0.3) is 0 Å². The van der Waals surface area contributed by atoms with Gasteiger partial charge in [-0.05, 0) is 6.42 Å². The predicted octanol–water partition coefficient (Wildman–Crippen LogP) is 2.71. The molecule has 78 valence electrons. The van der Waals surface area contributed by atoms with Crippen molar-refractivity contribution in [3.05, 3.63) is 23.6 Å². The van der Waals surface area contributed by atoms with Gasteiger partial charge in [-0.3, -0.25) is 0 Å². The molecular weight excluding hydrogens is 193 g/mol. The number of nitrogens with one attached hydrogen (secondary N) is 1. The summed E-state index contributed by atoms with van der Waals surface area (Å²) in [5.41, 5.74) is 0. The standard InChI is InChI=1S/C9H11F3N2/c1-2-3-4-13-9-7(11)5-6(10)8(12)14-9/h5H,2-4H2,1H3,(H,13,14). The fraction of sp³-hybridized carbons (Fsp3) is 0.444. The fourth-order valence-corrected chi connectivity index (χ4v) is 0.952. The Morgan fingerprint density at radius 1 is 1.29 bits per heavy atom. The number of unbranched alkanes of at least 4 members (excludes halogenated alkanes) is 1. The van der Waals surface area contributed by atoms with E-state index >= 15 is 0 Å². The molecule has 1 aromatic heterocycles. The molecule has 0 unspecified atom stereocenters. The van der Waals surface area contributed by atoms with Gasteiger partial charge in [-0.15, -0.1) is 0 Å². The van der Waals surface area contributed by atoms with E-state index < -0.39 is 17.6 Å². The highest BCUT2D eigenvalue weighted by Gasteiger charge is 2.10. The smallest absolute Gasteiger partial charge is 0.251 e. The van der Waals surface area contributed by atoms with E-state index in [1.165, 1.54) is 0 Å². The molecule has 0 saturated heterocycles. The number of pyridine rings is 1. The van der Waals surface area contributed by atoms with E-state index in [0.717, 1.165) is 12.8 Å². The van der Waals surface area contributed by atoms with Gasteiger partial charge in [0.15, 0.2) is 17.5 Å².